The molecular formula is C8H8ClIN2O2. The fourth-order valence-electron chi connectivity index (χ4n) is 0.910. The predicted molar refractivity (Wildman–Crippen MR) is 63.4 cm³/mol. The molecule has 0 bridgehead atoms. The van der Waals surface area contributed by atoms with E-state index in [0.717, 1.165) is 3.57 Å². The Hall–Kier alpha value is -0.690. The van der Waals surface area contributed by atoms with Crippen LogP contribution in [0.3, 0.4) is 0 Å². The van der Waals surface area contributed by atoms with Crippen LogP contribution in [-0.4, -0.2) is 11.2 Å². The van der Waals surface area contributed by atoms with Crippen LogP contribution in [0.15, 0.2) is 12.1 Å². The molecule has 0 saturated carbocycles. The number of nitrogen functional groups attached to an aromatic ring is 1. The molecule has 1 aromatic rings. The van der Waals surface area contributed by atoms with Gasteiger partial charge in [0.1, 0.15) is 0 Å². The third-order valence-electron chi connectivity index (χ3n) is 1.60. The van der Waals surface area contributed by atoms with E-state index < -0.39 is 6.09 Å². The first-order chi connectivity index (χ1) is 6.50. The van der Waals surface area contributed by atoms with Crippen molar-refractivity contribution in [1.29, 1.82) is 0 Å². The number of hydrogen-bond acceptors (Lipinski definition) is 2. The molecule has 76 valence electrons. The van der Waals surface area contributed by atoms with E-state index in [0.29, 0.717) is 16.3 Å². The standard InChI is InChI=1S/C8H8ClIN2O2/c9-5-2-7(11)6(10)1-4(5)3-12-8(13)14/h1-2,12H,3,11H2,(H,13,14). The molecule has 1 rings (SSSR count). The number of benzene rings is 1. The molecule has 1 aromatic carbocycles. The number of carbonyl (C=O) groups is 1. The first-order valence-electron chi connectivity index (χ1n) is 3.71. The monoisotopic (exact) mass is 326 g/mol. The van der Waals surface area contributed by atoms with Crippen LogP contribution in [0.1, 0.15) is 5.56 Å². The first kappa shape index (κ1) is 11.4. The normalized spacial score (nSPS) is 9.86. The van der Waals surface area contributed by atoms with Crippen LogP contribution < -0.4 is 11.1 Å². The van der Waals surface area contributed by atoms with Gasteiger partial charge >= 0.3 is 6.09 Å². The summed E-state index contributed by atoms with van der Waals surface area (Å²) in [6.45, 7) is 0.185. The van der Waals surface area contributed by atoms with Gasteiger partial charge in [-0.2, -0.15) is 0 Å². The maximum atomic E-state index is 10.3. The highest BCUT2D eigenvalue weighted by Gasteiger charge is 2.05. The van der Waals surface area contributed by atoms with E-state index in [2.05, 4.69) is 27.9 Å². The topological polar surface area (TPSA) is 75.3 Å². The molecule has 0 heterocycles. The summed E-state index contributed by atoms with van der Waals surface area (Å²) in [5.41, 5.74) is 6.92. The molecule has 0 saturated heterocycles. The number of nitrogens with two attached hydrogens (primary N) is 1. The van der Waals surface area contributed by atoms with Gasteiger partial charge in [0.2, 0.25) is 0 Å². The third kappa shape index (κ3) is 2.91. The van der Waals surface area contributed by atoms with Crippen molar-refractivity contribution in [2.75, 3.05) is 5.73 Å². The Labute approximate surface area is 99.6 Å². The van der Waals surface area contributed by atoms with Crippen LogP contribution >= 0.6 is 34.2 Å². The van der Waals surface area contributed by atoms with Gasteiger partial charge in [0, 0.05) is 20.8 Å². The summed E-state index contributed by atoms with van der Waals surface area (Å²) in [5.74, 6) is 0. The average Bonchev–Trinajstić information content (AvgIpc) is 2.09. The van der Waals surface area contributed by atoms with E-state index in [1.807, 2.05) is 0 Å². The summed E-state index contributed by atoms with van der Waals surface area (Å²) in [7, 11) is 0. The SMILES string of the molecule is Nc1cc(Cl)c(CNC(=O)O)cc1I. The lowest BCUT2D eigenvalue weighted by atomic mass is 10.2. The van der Waals surface area contributed by atoms with Gasteiger partial charge in [-0.05, 0) is 40.3 Å². The molecule has 4 N–H and O–H groups in total. The molecule has 0 radical (unpaired) electrons. The molecule has 0 spiro atoms. The van der Waals surface area contributed by atoms with Gasteiger partial charge in [-0.3, -0.25) is 0 Å². The zero-order valence-corrected chi connectivity index (χ0v) is 9.96. The smallest absolute Gasteiger partial charge is 0.404 e. The van der Waals surface area contributed by atoms with Crippen LogP contribution in [0, 0.1) is 3.57 Å². The largest absolute Gasteiger partial charge is 0.465 e. The summed E-state index contributed by atoms with van der Waals surface area (Å²) >= 11 is 7.93. The lowest BCUT2D eigenvalue weighted by Gasteiger charge is -2.06. The van der Waals surface area contributed by atoms with E-state index in [1.165, 1.54) is 0 Å². The average molecular weight is 327 g/mol. The van der Waals surface area contributed by atoms with Gasteiger partial charge < -0.3 is 16.2 Å². The number of hydrogen-bond donors (Lipinski definition) is 3. The number of halogens is 2. The number of carboxylic acid groups (broad SMARTS) is 1. The number of nitrogens with one attached hydrogen (secondary N) is 1. The minimum atomic E-state index is -1.08. The van der Waals surface area contributed by atoms with Gasteiger partial charge in [-0.1, -0.05) is 11.6 Å². The van der Waals surface area contributed by atoms with Crippen molar-refractivity contribution in [3.8, 4) is 0 Å². The lowest BCUT2D eigenvalue weighted by Crippen LogP contribution is -2.20. The van der Waals surface area contributed by atoms with Gasteiger partial charge in [0.05, 0.1) is 0 Å². The number of rotatable bonds is 2. The Kier molecular flexibility index (Phi) is 3.82. The van der Waals surface area contributed by atoms with Crippen LogP contribution in [0.25, 0.3) is 0 Å². The Morgan fingerprint density at radius 1 is 1.64 bits per heavy atom. The Morgan fingerprint density at radius 2 is 2.29 bits per heavy atom. The van der Waals surface area contributed by atoms with E-state index >= 15 is 0 Å². The van der Waals surface area contributed by atoms with Crippen molar-refractivity contribution in [3.63, 3.8) is 0 Å². The molecule has 14 heavy (non-hydrogen) atoms. The third-order valence-corrected chi connectivity index (χ3v) is 2.88. The van der Waals surface area contributed by atoms with Crippen molar-refractivity contribution < 1.29 is 9.90 Å². The molecule has 0 aliphatic heterocycles. The fourth-order valence-corrected chi connectivity index (χ4v) is 1.68. The summed E-state index contributed by atoms with van der Waals surface area (Å²) in [6, 6.07) is 3.37. The Balaban J connectivity index is 2.87. The molecular weight excluding hydrogens is 318 g/mol. The minimum Gasteiger partial charge on any atom is -0.465 e. The zero-order valence-electron chi connectivity index (χ0n) is 7.05. The maximum Gasteiger partial charge on any atom is 0.404 e. The second-order valence-electron chi connectivity index (χ2n) is 2.62. The summed E-state index contributed by atoms with van der Waals surface area (Å²) in [6.07, 6.45) is -1.08. The second-order valence-corrected chi connectivity index (χ2v) is 4.19. The molecule has 6 heteroatoms. The van der Waals surface area contributed by atoms with E-state index in [-0.39, 0.29) is 6.54 Å². The highest BCUT2D eigenvalue weighted by Crippen LogP contribution is 2.24. The summed E-state index contributed by atoms with van der Waals surface area (Å²) in [4.78, 5) is 10.3. The molecule has 4 nitrogen and oxygen atoms in total. The van der Waals surface area contributed by atoms with Gasteiger partial charge in [-0.25, -0.2) is 4.79 Å². The molecule has 1 amide bonds. The van der Waals surface area contributed by atoms with Crippen LogP contribution in [-0.2, 0) is 6.54 Å². The van der Waals surface area contributed by atoms with Crippen LogP contribution in [0.4, 0.5) is 10.5 Å². The highest BCUT2D eigenvalue weighted by molar-refractivity contribution is 14.1. The second kappa shape index (κ2) is 4.70. The highest BCUT2D eigenvalue weighted by atomic mass is 127. The number of anilines is 1. The predicted octanol–water partition coefficient (Wildman–Crippen LogP) is 2.29. The molecule has 0 aromatic heterocycles. The fraction of sp³-hybridized carbons (Fsp3) is 0.125. The molecule has 0 unspecified atom stereocenters. The van der Waals surface area contributed by atoms with Gasteiger partial charge in [-0.15, -0.1) is 0 Å². The zero-order chi connectivity index (χ0) is 10.7. The van der Waals surface area contributed by atoms with Gasteiger partial charge in [0.25, 0.3) is 0 Å². The van der Waals surface area contributed by atoms with Crippen molar-refractivity contribution >= 4 is 46.0 Å². The van der Waals surface area contributed by atoms with Crippen LogP contribution in [0.5, 0.6) is 0 Å². The Morgan fingerprint density at radius 3 is 2.86 bits per heavy atom. The van der Waals surface area contributed by atoms with E-state index in [1.54, 1.807) is 12.1 Å². The minimum absolute atomic E-state index is 0.185. The molecule has 0 aliphatic carbocycles. The lowest BCUT2D eigenvalue weighted by molar-refractivity contribution is 0.194. The molecule has 0 fully saturated rings. The molecule has 0 atom stereocenters. The Bertz CT molecular complexity index is 371. The van der Waals surface area contributed by atoms with Crippen LogP contribution in [0.2, 0.25) is 5.02 Å². The maximum absolute atomic E-state index is 10.3. The van der Waals surface area contributed by atoms with Crippen molar-refractivity contribution in [2.24, 2.45) is 0 Å². The summed E-state index contributed by atoms with van der Waals surface area (Å²) < 4.78 is 0.856. The van der Waals surface area contributed by atoms with E-state index in [4.69, 9.17) is 22.4 Å². The van der Waals surface area contributed by atoms with E-state index in [9.17, 15) is 4.79 Å². The number of amides is 1. The molecule has 0 aliphatic rings. The first-order valence-corrected chi connectivity index (χ1v) is 5.16. The van der Waals surface area contributed by atoms with Crippen molar-refractivity contribution in [3.05, 3.63) is 26.3 Å². The summed E-state index contributed by atoms with van der Waals surface area (Å²) in [5, 5.41) is 11.1. The van der Waals surface area contributed by atoms with Gasteiger partial charge in [0.15, 0.2) is 0 Å². The quantitative estimate of drug-likeness (QED) is 0.576. The van der Waals surface area contributed by atoms with Crippen molar-refractivity contribution in [1.82, 2.24) is 5.32 Å². The van der Waals surface area contributed by atoms with Crippen molar-refractivity contribution in [2.45, 2.75) is 6.54 Å².